The average molecular weight is 326 g/mol. The normalized spacial score (nSPS) is 10.5. The van der Waals surface area contributed by atoms with E-state index in [0.717, 1.165) is 16.7 Å². The maximum atomic E-state index is 12.7. The first-order valence-corrected chi connectivity index (χ1v) is 6.65. The highest BCUT2D eigenvalue weighted by molar-refractivity contribution is 9.10. The van der Waals surface area contributed by atoms with E-state index in [1.165, 1.54) is 24.3 Å². The summed E-state index contributed by atoms with van der Waals surface area (Å²) in [5, 5.41) is 7.05. The fourth-order valence-electron chi connectivity index (χ4n) is 1.59. The summed E-state index contributed by atoms with van der Waals surface area (Å²) in [6.07, 6.45) is 1.86. The second-order valence-electron chi connectivity index (χ2n) is 3.97. The van der Waals surface area contributed by atoms with Gasteiger partial charge < -0.3 is 5.32 Å². The Kier molecular flexibility index (Phi) is 4.31. The van der Waals surface area contributed by atoms with E-state index in [-0.39, 0.29) is 11.7 Å². The lowest BCUT2D eigenvalue weighted by Gasteiger charge is -2.03. The van der Waals surface area contributed by atoms with E-state index in [9.17, 15) is 9.18 Å². The summed E-state index contributed by atoms with van der Waals surface area (Å²) in [4.78, 5) is 11.8. The summed E-state index contributed by atoms with van der Waals surface area (Å²) >= 11 is 3.39. The number of rotatable bonds is 4. The molecule has 2 rings (SSSR count). The molecule has 0 saturated carbocycles. The SMILES string of the molecule is CCn1cc(Br)c(CNC(=O)c2ccc(F)cc2)n1. The van der Waals surface area contributed by atoms with Crippen LogP contribution < -0.4 is 5.32 Å². The van der Waals surface area contributed by atoms with Crippen molar-refractivity contribution >= 4 is 21.8 Å². The molecule has 0 aliphatic rings. The monoisotopic (exact) mass is 325 g/mol. The zero-order chi connectivity index (χ0) is 13.8. The Hall–Kier alpha value is -1.69. The number of hydrogen-bond acceptors (Lipinski definition) is 2. The molecule has 0 spiro atoms. The molecule has 2 aromatic rings. The van der Waals surface area contributed by atoms with Gasteiger partial charge in [-0.2, -0.15) is 5.10 Å². The predicted octanol–water partition coefficient (Wildman–Crippen LogP) is 2.73. The number of hydrogen-bond donors (Lipinski definition) is 1. The minimum Gasteiger partial charge on any atom is -0.346 e. The first-order chi connectivity index (χ1) is 9.10. The van der Waals surface area contributed by atoms with Crippen molar-refractivity contribution < 1.29 is 9.18 Å². The van der Waals surface area contributed by atoms with E-state index in [0.29, 0.717) is 12.1 Å². The highest BCUT2D eigenvalue weighted by atomic mass is 79.9. The first kappa shape index (κ1) is 13.7. The summed E-state index contributed by atoms with van der Waals surface area (Å²) in [5.74, 6) is -0.612. The third-order valence-electron chi connectivity index (χ3n) is 2.63. The van der Waals surface area contributed by atoms with E-state index in [1.54, 1.807) is 4.68 Å². The van der Waals surface area contributed by atoms with Gasteiger partial charge in [-0.25, -0.2) is 4.39 Å². The van der Waals surface area contributed by atoms with Crippen LogP contribution in [0.15, 0.2) is 34.9 Å². The Bertz CT molecular complexity index is 580. The smallest absolute Gasteiger partial charge is 0.251 e. The minimum atomic E-state index is -0.360. The topological polar surface area (TPSA) is 46.9 Å². The van der Waals surface area contributed by atoms with E-state index in [1.807, 2.05) is 13.1 Å². The second-order valence-corrected chi connectivity index (χ2v) is 4.82. The van der Waals surface area contributed by atoms with E-state index < -0.39 is 0 Å². The molecular formula is C13H13BrFN3O. The van der Waals surface area contributed by atoms with Crippen LogP contribution in [0.25, 0.3) is 0 Å². The number of aryl methyl sites for hydroxylation is 1. The van der Waals surface area contributed by atoms with Crippen LogP contribution in [0.3, 0.4) is 0 Å². The number of aromatic nitrogens is 2. The molecule has 1 aromatic carbocycles. The van der Waals surface area contributed by atoms with E-state index >= 15 is 0 Å². The van der Waals surface area contributed by atoms with Gasteiger partial charge in [-0.05, 0) is 47.1 Å². The predicted molar refractivity (Wildman–Crippen MR) is 73.2 cm³/mol. The molecule has 4 nitrogen and oxygen atoms in total. The van der Waals surface area contributed by atoms with Crippen molar-refractivity contribution in [2.45, 2.75) is 20.0 Å². The molecule has 0 aliphatic carbocycles. The van der Waals surface area contributed by atoms with Crippen LogP contribution in [-0.2, 0) is 13.1 Å². The van der Waals surface area contributed by atoms with Crippen molar-refractivity contribution in [3.8, 4) is 0 Å². The Morgan fingerprint density at radius 1 is 1.42 bits per heavy atom. The van der Waals surface area contributed by atoms with Crippen LogP contribution in [-0.4, -0.2) is 15.7 Å². The van der Waals surface area contributed by atoms with E-state index in [4.69, 9.17) is 0 Å². The molecule has 1 heterocycles. The van der Waals surface area contributed by atoms with Crippen LogP contribution >= 0.6 is 15.9 Å². The lowest BCUT2D eigenvalue weighted by Crippen LogP contribution is -2.23. The van der Waals surface area contributed by atoms with Crippen molar-refractivity contribution in [1.29, 1.82) is 0 Å². The number of halogens is 2. The number of carbonyl (C=O) groups is 1. The molecule has 1 N–H and O–H groups in total. The molecule has 0 bridgehead atoms. The molecule has 0 radical (unpaired) electrons. The molecule has 19 heavy (non-hydrogen) atoms. The number of benzene rings is 1. The molecule has 0 unspecified atom stereocenters. The Balaban J connectivity index is 2.00. The summed E-state index contributed by atoms with van der Waals surface area (Å²) < 4.78 is 15.4. The van der Waals surface area contributed by atoms with Crippen molar-refractivity contribution in [1.82, 2.24) is 15.1 Å². The average Bonchev–Trinajstić information content (AvgIpc) is 2.77. The fourth-order valence-corrected chi connectivity index (χ4v) is 2.04. The Morgan fingerprint density at radius 2 is 2.11 bits per heavy atom. The van der Waals surface area contributed by atoms with Crippen LogP contribution in [0.2, 0.25) is 0 Å². The second kappa shape index (κ2) is 5.97. The number of nitrogens with one attached hydrogen (secondary N) is 1. The van der Waals surface area contributed by atoms with Crippen molar-refractivity contribution in [2.75, 3.05) is 0 Å². The molecule has 0 fully saturated rings. The van der Waals surface area contributed by atoms with Crippen LogP contribution in [0.5, 0.6) is 0 Å². The Labute approximate surface area is 118 Å². The lowest BCUT2D eigenvalue weighted by atomic mass is 10.2. The third-order valence-corrected chi connectivity index (χ3v) is 3.30. The molecule has 1 amide bonds. The molecule has 100 valence electrons. The van der Waals surface area contributed by atoms with Gasteiger partial charge in [-0.15, -0.1) is 0 Å². The first-order valence-electron chi connectivity index (χ1n) is 5.85. The van der Waals surface area contributed by atoms with Gasteiger partial charge in [0.2, 0.25) is 0 Å². The highest BCUT2D eigenvalue weighted by Crippen LogP contribution is 2.14. The van der Waals surface area contributed by atoms with Crippen LogP contribution in [0, 0.1) is 5.82 Å². The summed E-state index contributed by atoms with van der Waals surface area (Å²) in [5.41, 5.74) is 1.18. The van der Waals surface area contributed by atoms with Crippen LogP contribution in [0.4, 0.5) is 4.39 Å². The van der Waals surface area contributed by atoms with Gasteiger partial charge in [0.05, 0.1) is 16.7 Å². The van der Waals surface area contributed by atoms with Crippen LogP contribution in [0.1, 0.15) is 23.0 Å². The summed E-state index contributed by atoms with van der Waals surface area (Å²) in [6.45, 7) is 3.08. The number of nitrogens with zero attached hydrogens (tertiary/aromatic N) is 2. The van der Waals surface area contributed by atoms with Gasteiger partial charge in [-0.1, -0.05) is 0 Å². The number of carbonyl (C=O) groups excluding carboxylic acids is 1. The maximum Gasteiger partial charge on any atom is 0.251 e. The molecule has 0 saturated heterocycles. The molecule has 6 heteroatoms. The largest absolute Gasteiger partial charge is 0.346 e. The third kappa shape index (κ3) is 3.41. The quantitative estimate of drug-likeness (QED) is 0.939. The molecule has 1 aromatic heterocycles. The molecule has 0 atom stereocenters. The minimum absolute atomic E-state index is 0.252. The van der Waals surface area contributed by atoms with Gasteiger partial charge >= 0.3 is 0 Å². The highest BCUT2D eigenvalue weighted by Gasteiger charge is 2.09. The van der Waals surface area contributed by atoms with E-state index in [2.05, 4.69) is 26.3 Å². The van der Waals surface area contributed by atoms with Crippen molar-refractivity contribution in [3.05, 3.63) is 52.0 Å². The van der Waals surface area contributed by atoms with Crippen molar-refractivity contribution in [3.63, 3.8) is 0 Å². The van der Waals surface area contributed by atoms with Gasteiger partial charge in [0, 0.05) is 18.3 Å². The summed E-state index contributed by atoms with van der Waals surface area (Å²) in [6, 6.07) is 5.42. The van der Waals surface area contributed by atoms with Gasteiger partial charge in [-0.3, -0.25) is 9.48 Å². The number of amides is 1. The van der Waals surface area contributed by atoms with Gasteiger partial charge in [0.25, 0.3) is 5.91 Å². The summed E-state index contributed by atoms with van der Waals surface area (Å²) in [7, 11) is 0. The standard InChI is InChI=1S/C13H13BrFN3O/c1-2-18-8-11(14)12(17-18)7-16-13(19)9-3-5-10(15)6-4-9/h3-6,8H,2,7H2,1H3,(H,16,19). The Morgan fingerprint density at radius 3 is 2.68 bits per heavy atom. The van der Waals surface area contributed by atoms with Gasteiger partial charge in [0.1, 0.15) is 5.82 Å². The van der Waals surface area contributed by atoms with Crippen molar-refractivity contribution in [2.24, 2.45) is 0 Å². The molecular weight excluding hydrogens is 313 g/mol. The maximum absolute atomic E-state index is 12.7. The fraction of sp³-hybridized carbons (Fsp3) is 0.231. The van der Waals surface area contributed by atoms with Gasteiger partial charge in [0.15, 0.2) is 0 Å². The zero-order valence-corrected chi connectivity index (χ0v) is 11.9. The molecule has 0 aliphatic heterocycles. The zero-order valence-electron chi connectivity index (χ0n) is 10.4. The lowest BCUT2D eigenvalue weighted by molar-refractivity contribution is 0.0950.